The molecular formula is C16H31N3O2. The van der Waals surface area contributed by atoms with E-state index in [1.807, 2.05) is 4.90 Å². The van der Waals surface area contributed by atoms with Crippen LogP contribution in [0.4, 0.5) is 0 Å². The summed E-state index contributed by atoms with van der Waals surface area (Å²) in [7, 11) is 3.58. The van der Waals surface area contributed by atoms with E-state index in [4.69, 9.17) is 5.73 Å². The molecule has 1 atom stereocenters. The van der Waals surface area contributed by atoms with Crippen LogP contribution in [0.5, 0.6) is 0 Å². The predicted molar refractivity (Wildman–Crippen MR) is 84.6 cm³/mol. The van der Waals surface area contributed by atoms with Gasteiger partial charge in [0.1, 0.15) is 0 Å². The zero-order valence-corrected chi connectivity index (χ0v) is 14.0. The molecule has 1 fully saturated rings. The lowest BCUT2D eigenvalue weighted by atomic mass is 9.92. The van der Waals surface area contributed by atoms with Crippen LogP contribution in [0.2, 0.25) is 0 Å². The van der Waals surface area contributed by atoms with Crippen LogP contribution in [0.15, 0.2) is 0 Å². The minimum absolute atomic E-state index is 0.0741. The van der Waals surface area contributed by atoms with Crippen LogP contribution in [0.3, 0.4) is 0 Å². The Morgan fingerprint density at radius 1 is 1.24 bits per heavy atom. The Balaban J connectivity index is 2.42. The number of nitrogens with two attached hydrogens (primary N) is 1. The molecular weight excluding hydrogens is 266 g/mol. The van der Waals surface area contributed by atoms with Gasteiger partial charge in [0.05, 0.1) is 0 Å². The SMILES string of the molecule is CC(C)C[C@H](CN)CC(=O)N1CCC(C(=O)N(C)C)CC1. The molecule has 0 saturated carbocycles. The number of hydrogen-bond acceptors (Lipinski definition) is 3. The maximum absolute atomic E-state index is 12.3. The molecule has 122 valence electrons. The fraction of sp³-hybridized carbons (Fsp3) is 0.875. The molecule has 1 aliphatic heterocycles. The zero-order chi connectivity index (χ0) is 16.0. The standard InChI is InChI=1S/C16H31N3O2/c1-12(2)9-13(11-17)10-15(20)19-7-5-14(6-8-19)16(21)18(3)4/h12-14H,5-11,17H2,1-4H3/t13-/m0/s1. The van der Waals surface area contributed by atoms with Gasteiger partial charge in [-0.15, -0.1) is 0 Å². The normalized spacial score (nSPS) is 17.9. The second-order valence-electron chi connectivity index (χ2n) is 6.82. The first-order valence-corrected chi connectivity index (χ1v) is 8.04. The van der Waals surface area contributed by atoms with E-state index in [0.717, 1.165) is 19.3 Å². The third-order valence-electron chi connectivity index (χ3n) is 4.24. The van der Waals surface area contributed by atoms with Crippen molar-refractivity contribution in [2.45, 2.75) is 39.5 Å². The summed E-state index contributed by atoms with van der Waals surface area (Å²) in [6.45, 7) is 6.28. The molecule has 2 N–H and O–H groups in total. The quantitative estimate of drug-likeness (QED) is 0.804. The Kier molecular flexibility index (Phi) is 7.15. The van der Waals surface area contributed by atoms with Crippen LogP contribution in [-0.2, 0) is 9.59 Å². The van der Waals surface area contributed by atoms with E-state index < -0.39 is 0 Å². The van der Waals surface area contributed by atoms with E-state index >= 15 is 0 Å². The second-order valence-corrected chi connectivity index (χ2v) is 6.82. The molecule has 0 aliphatic carbocycles. The van der Waals surface area contributed by atoms with E-state index in [0.29, 0.717) is 32.0 Å². The largest absolute Gasteiger partial charge is 0.349 e. The number of likely N-dealkylation sites (tertiary alicyclic amines) is 1. The number of carbonyl (C=O) groups excluding carboxylic acids is 2. The van der Waals surface area contributed by atoms with Gasteiger partial charge >= 0.3 is 0 Å². The van der Waals surface area contributed by atoms with Gasteiger partial charge in [-0.05, 0) is 37.6 Å². The molecule has 0 aromatic heterocycles. The van der Waals surface area contributed by atoms with Crippen LogP contribution in [-0.4, -0.2) is 55.3 Å². The molecule has 0 bridgehead atoms. The highest BCUT2D eigenvalue weighted by atomic mass is 16.2. The van der Waals surface area contributed by atoms with E-state index in [1.54, 1.807) is 19.0 Å². The molecule has 1 aliphatic rings. The van der Waals surface area contributed by atoms with Crippen molar-refractivity contribution in [2.75, 3.05) is 33.7 Å². The van der Waals surface area contributed by atoms with Crippen molar-refractivity contribution in [3.8, 4) is 0 Å². The van der Waals surface area contributed by atoms with Crippen LogP contribution in [0.25, 0.3) is 0 Å². The van der Waals surface area contributed by atoms with E-state index in [1.165, 1.54) is 0 Å². The first kappa shape index (κ1) is 18.0. The maximum atomic E-state index is 12.3. The molecule has 5 nitrogen and oxygen atoms in total. The van der Waals surface area contributed by atoms with Gasteiger partial charge in [-0.25, -0.2) is 0 Å². The van der Waals surface area contributed by atoms with Crippen LogP contribution in [0.1, 0.15) is 39.5 Å². The lowest BCUT2D eigenvalue weighted by Crippen LogP contribution is -2.43. The van der Waals surface area contributed by atoms with Gasteiger partial charge < -0.3 is 15.5 Å². The number of nitrogens with zero attached hydrogens (tertiary/aromatic N) is 2. The molecule has 0 unspecified atom stereocenters. The summed E-state index contributed by atoms with van der Waals surface area (Å²) < 4.78 is 0. The summed E-state index contributed by atoms with van der Waals surface area (Å²) >= 11 is 0. The van der Waals surface area contributed by atoms with Crippen molar-refractivity contribution in [1.82, 2.24) is 9.80 Å². The average Bonchev–Trinajstić information content (AvgIpc) is 2.45. The van der Waals surface area contributed by atoms with Crippen LogP contribution < -0.4 is 5.73 Å². The number of rotatable bonds is 6. The summed E-state index contributed by atoms with van der Waals surface area (Å²) in [5.74, 6) is 1.29. The fourth-order valence-corrected chi connectivity index (χ4v) is 3.05. The summed E-state index contributed by atoms with van der Waals surface area (Å²) in [4.78, 5) is 27.8. The van der Waals surface area contributed by atoms with Crippen LogP contribution in [0, 0.1) is 17.8 Å². The second kappa shape index (κ2) is 8.37. The van der Waals surface area contributed by atoms with Gasteiger partial charge in [-0.2, -0.15) is 0 Å². The molecule has 0 spiro atoms. The molecule has 0 aromatic rings. The molecule has 1 heterocycles. The van der Waals surface area contributed by atoms with Gasteiger partial charge in [0, 0.05) is 39.5 Å². The van der Waals surface area contributed by atoms with E-state index in [9.17, 15) is 9.59 Å². The van der Waals surface area contributed by atoms with E-state index in [-0.39, 0.29) is 23.7 Å². The summed E-state index contributed by atoms with van der Waals surface area (Å²) in [6.07, 6.45) is 3.10. The van der Waals surface area contributed by atoms with Gasteiger partial charge in [-0.3, -0.25) is 9.59 Å². The molecule has 0 radical (unpaired) electrons. The lowest BCUT2D eigenvalue weighted by Gasteiger charge is -2.33. The highest BCUT2D eigenvalue weighted by molar-refractivity contribution is 5.80. The number of piperidine rings is 1. The van der Waals surface area contributed by atoms with Crippen molar-refractivity contribution in [2.24, 2.45) is 23.5 Å². The highest BCUT2D eigenvalue weighted by Crippen LogP contribution is 2.21. The van der Waals surface area contributed by atoms with Gasteiger partial charge in [-0.1, -0.05) is 13.8 Å². The smallest absolute Gasteiger partial charge is 0.225 e. The van der Waals surface area contributed by atoms with Gasteiger partial charge in [0.25, 0.3) is 0 Å². The van der Waals surface area contributed by atoms with Crippen molar-refractivity contribution >= 4 is 11.8 Å². The topological polar surface area (TPSA) is 66.6 Å². The maximum Gasteiger partial charge on any atom is 0.225 e. The lowest BCUT2D eigenvalue weighted by molar-refractivity contribution is -0.139. The van der Waals surface area contributed by atoms with E-state index in [2.05, 4.69) is 13.8 Å². The molecule has 1 saturated heterocycles. The summed E-state index contributed by atoms with van der Waals surface area (Å²) in [5, 5.41) is 0. The first-order valence-electron chi connectivity index (χ1n) is 8.04. The Morgan fingerprint density at radius 3 is 2.24 bits per heavy atom. The molecule has 2 amide bonds. The van der Waals surface area contributed by atoms with Gasteiger partial charge in [0.2, 0.25) is 11.8 Å². The molecule has 5 heteroatoms. The van der Waals surface area contributed by atoms with Crippen LogP contribution >= 0.6 is 0 Å². The minimum atomic E-state index is 0.0741. The third-order valence-corrected chi connectivity index (χ3v) is 4.24. The predicted octanol–water partition coefficient (Wildman–Crippen LogP) is 1.32. The number of carbonyl (C=O) groups is 2. The minimum Gasteiger partial charge on any atom is -0.349 e. The Bertz CT molecular complexity index is 347. The van der Waals surface area contributed by atoms with Gasteiger partial charge in [0.15, 0.2) is 0 Å². The molecule has 21 heavy (non-hydrogen) atoms. The fourth-order valence-electron chi connectivity index (χ4n) is 3.05. The summed E-state index contributed by atoms with van der Waals surface area (Å²) in [6, 6.07) is 0. The Hall–Kier alpha value is -1.10. The number of hydrogen-bond donors (Lipinski definition) is 1. The Morgan fingerprint density at radius 2 is 1.81 bits per heavy atom. The zero-order valence-electron chi connectivity index (χ0n) is 14.0. The van der Waals surface area contributed by atoms with Crippen molar-refractivity contribution < 1.29 is 9.59 Å². The summed E-state index contributed by atoms with van der Waals surface area (Å²) in [5.41, 5.74) is 5.77. The van der Waals surface area contributed by atoms with Crippen molar-refractivity contribution in [1.29, 1.82) is 0 Å². The molecule has 1 rings (SSSR count). The monoisotopic (exact) mass is 297 g/mol. The molecule has 0 aromatic carbocycles. The Labute approximate surface area is 128 Å². The third kappa shape index (κ3) is 5.65. The van der Waals surface area contributed by atoms with Crippen molar-refractivity contribution in [3.63, 3.8) is 0 Å². The average molecular weight is 297 g/mol. The highest BCUT2D eigenvalue weighted by Gasteiger charge is 2.28. The first-order chi connectivity index (χ1) is 9.85. The number of amides is 2. The van der Waals surface area contributed by atoms with Crippen molar-refractivity contribution in [3.05, 3.63) is 0 Å².